The Bertz CT molecular complexity index is 630. The standard InChI is InChI=1S/C15H23BrN2O3S/c1-11(2)10-18(22(4,20)21)8-7-15(19)17-13-6-5-12(3)14(16)9-13/h5-6,9,11H,7-8,10H2,1-4H3,(H,17,19). The Morgan fingerprint density at radius 1 is 1.36 bits per heavy atom. The van der Waals surface area contributed by atoms with Crippen molar-refractivity contribution in [3.63, 3.8) is 0 Å². The third-order valence-corrected chi connectivity index (χ3v) is 5.21. The Kier molecular flexibility index (Phi) is 7.02. The van der Waals surface area contributed by atoms with E-state index < -0.39 is 10.0 Å². The first-order chi connectivity index (χ1) is 10.1. The Labute approximate surface area is 141 Å². The van der Waals surface area contributed by atoms with E-state index in [0.717, 1.165) is 10.0 Å². The fraction of sp³-hybridized carbons (Fsp3) is 0.533. The van der Waals surface area contributed by atoms with E-state index in [1.165, 1.54) is 10.6 Å². The molecule has 0 aliphatic heterocycles. The highest BCUT2D eigenvalue weighted by Gasteiger charge is 2.18. The summed E-state index contributed by atoms with van der Waals surface area (Å²) in [6, 6.07) is 5.55. The minimum atomic E-state index is -3.30. The number of sulfonamides is 1. The maximum Gasteiger partial charge on any atom is 0.225 e. The fourth-order valence-electron chi connectivity index (χ4n) is 1.92. The number of nitrogens with one attached hydrogen (secondary N) is 1. The molecule has 5 nitrogen and oxygen atoms in total. The molecule has 0 heterocycles. The molecule has 0 atom stereocenters. The Balaban J connectivity index is 2.62. The fourth-order valence-corrected chi connectivity index (χ4v) is 3.29. The number of rotatable bonds is 7. The number of amides is 1. The van der Waals surface area contributed by atoms with E-state index in [1.54, 1.807) is 0 Å². The molecule has 0 aromatic heterocycles. The van der Waals surface area contributed by atoms with E-state index in [-0.39, 0.29) is 24.8 Å². The molecule has 0 spiro atoms. The summed E-state index contributed by atoms with van der Waals surface area (Å²) >= 11 is 3.41. The number of halogens is 1. The van der Waals surface area contributed by atoms with Gasteiger partial charge in [-0.15, -0.1) is 0 Å². The molecule has 0 aliphatic rings. The van der Waals surface area contributed by atoms with Gasteiger partial charge < -0.3 is 5.32 Å². The highest BCUT2D eigenvalue weighted by atomic mass is 79.9. The summed E-state index contributed by atoms with van der Waals surface area (Å²) in [4.78, 5) is 12.0. The predicted octanol–water partition coefficient (Wildman–Crippen LogP) is 3.00. The van der Waals surface area contributed by atoms with E-state index >= 15 is 0 Å². The normalized spacial score (nSPS) is 12.0. The molecule has 22 heavy (non-hydrogen) atoms. The van der Waals surface area contributed by atoms with Crippen LogP contribution in [0.25, 0.3) is 0 Å². The zero-order valence-corrected chi connectivity index (χ0v) is 15.8. The zero-order chi connectivity index (χ0) is 16.9. The number of nitrogens with zero attached hydrogens (tertiary/aromatic N) is 1. The zero-order valence-electron chi connectivity index (χ0n) is 13.4. The van der Waals surface area contributed by atoms with Crippen molar-refractivity contribution < 1.29 is 13.2 Å². The largest absolute Gasteiger partial charge is 0.326 e. The van der Waals surface area contributed by atoms with Crippen LogP contribution >= 0.6 is 15.9 Å². The quantitative estimate of drug-likeness (QED) is 0.777. The topological polar surface area (TPSA) is 66.5 Å². The lowest BCUT2D eigenvalue weighted by Crippen LogP contribution is -2.35. The van der Waals surface area contributed by atoms with Gasteiger partial charge in [-0.1, -0.05) is 35.8 Å². The van der Waals surface area contributed by atoms with Gasteiger partial charge in [0.2, 0.25) is 15.9 Å². The van der Waals surface area contributed by atoms with E-state index in [9.17, 15) is 13.2 Å². The lowest BCUT2D eigenvalue weighted by atomic mass is 10.2. The molecule has 0 saturated heterocycles. The number of benzene rings is 1. The molecular weight excluding hydrogens is 368 g/mol. The van der Waals surface area contributed by atoms with Crippen LogP contribution in [0.5, 0.6) is 0 Å². The second-order valence-electron chi connectivity index (χ2n) is 5.78. The van der Waals surface area contributed by atoms with Crippen LogP contribution in [0.15, 0.2) is 22.7 Å². The molecule has 1 aromatic rings. The molecule has 0 unspecified atom stereocenters. The van der Waals surface area contributed by atoms with Gasteiger partial charge in [-0.25, -0.2) is 12.7 Å². The van der Waals surface area contributed by atoms with Gasteiger partial charge in [0.15, 0.2) is 0 Å². The van der Waals surface area contributed by atoms with Crippen molar-refractivity contribution in [1.82, 2.24) is 4.31 Å². The van der Waals surface area contributed by atoms with Gasteiger partial charge >= 0.3 is 0 Å². The van der Waals surface area contributed by atoms with Crippen LogP contribution in [0.4, 0.5) is 5.69 Å². The summed E-state index contributed by atoms with van der Waals surface area (Å²) in [7, 11) is -3.30. The Morgan fingerprint density at radius 2 is 2.00 bits per heavy atom. The molecule has 0 saturated carbocycles. The van der Waals surface area contributed by atoms with Crippen LogP contribution in [0.3, 0.4) is 0 Å². The monoisotopic (exact) mass is 390 g/mol. The molecular formula is C15H23BrN2O3S. The molecule has 124 valence electrons. The van der Waals surface area contributed by atoms with Gasteiger partial charge in [-0.3, -0.25) is 4.79 Å². The Hall–Kier alpha value is -0.920. The first-order valence-electron chi connectivity index (χ1n) is 7.10. The lowest BCUT2D eigenvalue weighted by Gasteiger charge is -2.21. The van der Waals surface area contributed by atoms with E-state index in [1.807, 2.05) is 39.0 Å². The molecule has 0 bridgehead atoms. The molecule has 1 N–H and O–H groups in total. The van der Waals surface area contributed by atoms with Gasteiger partial charge in [0.25, 0.3) is 0 Å². The summed E-state index contributed by atoms with van der Waals surface area (Å²) in [5, 5.41) is 2.78. The van der Waals surface area contributed by atoms with E-state index in [4.69, 9.17) is 0 Å². The predicted molar refractivity (Wildman–Crippen MR) is 93.4 cm³/mol. The molecule has 0 aliphatic carbocycles. The van der Waals surface area contributed by atoms with Crippen molar-refractivity contribution >= 4 is 37.5 Å². The van der Waals surface area contributed by atoms with Crippen LogP contribution in [-0.2, 0) is 14.8 Å². The summed E-state index contributed by atoms with van der Waals surface area (Å²) < 4.78 is 25.7. The van der Waals surface area contributed by atoms with Gasteiger partial charge in [-0.05, 0) is 30.5 Å². The SMILES string of the molecule is Cc1ccc(NC(=O)CCN(CC(C)C)S(C)(=O)=O)cc1Br. The Morgan fingerprint density at radius 3 is 2.50 bits per heavy atom. The molecule has 0 radical (unpaired) electrons. The first-order valence-corrected chi connectivity index (χ1v) is 9.75. The van der Waals surface area contributed by atoms with Crippen molar-refractivity contribution in [2.45, 2.75) is 27.2 Å². The van der Waals surface area contributed by atoms with Crippen LogP contribution < -0.4 is 5.32 Å². The van der Waals surface area contributed by atoms with Crippen molar-refractivity contribution in [2.75, 3.05) is 24.7 Å². The van der Waals surface area contributed by atoms with Crippen LogP contribution in [0.2, 0.25) is 0 Å². The van der Waals surface area contributed by atoms with Crippen LogP contribution in [0.1, 0.15) is 25.8 Å². The average Bonchev–Trinajstić information content (AvgIpc) is 2.37. The number of carbonyl (C=O) groups excluding carboxylic acids is 1. The molecule has 1 aromatic carbocycles. The maximum absolute atomic E-state index is 12.0. The molecule has 1 rings (SSSR count). The van der Waals surface area contributed by atoms with Crippen molar-refractivity contribution in [1.29, 1.82) is 0 Å². The van der Waals surface area contributed by atoms with Crippen molar-refractivity contribution in [3.05, 3.63) is 28.2 Å². The van der Waals surface area contributed by atoms with Crippen LogP contribution in [-0.4, -0.2) is 38.0 Å². The lowest BCUT2D eigenvalue weighted by molar-refractivity contribution is -0.116. The van der Waals surface area contributed by atoms with Gasteiger partial charge in [0, 0.05) is 29.7 Å². The second kappa shape index (κ2) is 8.08. The third kappa shape index (κ3) is 6.46. The average molecular weight is 391 g/mol. The van der Waals surface area contributed by atoms with Gasteiger partial charge in [-0.2, -0.15) is 0 Å². The molecule has 0 fully saturated rings. The summed E-state index contributed by atoms with van der Waals surface area (Å²) in [5.74, 6) is 0.0130. The number of aryl methyl sites for hydroxylation is 1. The summed E-state index contributed by atoms with van der Waals surface area (Å²) in [6.07, 6.45) is 1.30. The van der Waals surface area contributed by atoms with E-state index in [0.29, 0.717) is 12.2 Å². The number of hydrogen-bond acceptors (Lipinski definition) is 3. The number of anilines is 1. The minimum absolute atomic E-state index is 0.130. The van der Waals surface area contributed by atoms with Gasteiger partial charge in [0.1, 0.15) is 0 Å². The molecule has 1 amide bonds. The third-order valence-electron chi connectivity index (χ3n) is 3.08. The highest BCUT2D eigenvalue weighted by Crippen LogP contribution is 2.20. The summed E-state index contributed by atoms with van der Waals surface area (Å²) in [5.41, 5.74) is 1.77. The van der Waals surface area contributed by atoms with Crippen molar-refractivity contribution in [2.24, 2.45) is 5.92 Å². The smallest absolute Gasteiger partial charge is 0.225 e. The van der Waals surface area contributed by atoms with E-state index in [2.05, 4.69) is 21.2 Å². The second-order valence-corrected chi connectivity index (χ2v) is 8.61. The summed E-state index contributed by atoms with van der Waals surface area (Å²) in [6.45, 7) is 6.47. The van der Waals surface area contributed by atoms with Gasteiger partial charge in [0.05, 0.1) is 6.26 Å². The number of hydrogen-bond donors (Lipinski definition) is 1. The highest BCUT2D eigenvalue weighted by molar-refractivity contribution is 9.10. The van der Waals surface area contributed by atoms with Crippen LogP contribution in [0, 0.1) is 12.8 Å². The molecule has 7 heteroatoms. The number of carbonyl (C=O) groups is 1. The minimum Gasteiger partial charge on any atom is -0.326 e. The van der Waals surface area contributed by atoms with Crippen molar-refractivity contribution in [3.8, 4) is 0 Å². The first kappa shape index (κ1) is 19.1. The maximum atomic E-state index is 12.0.